The van der Waals surface area contributed by atoms with Crippen molar-refractivity contribution in [2.75, 3.05) is 0 Å². The molecule has 4 amide bonds. The Morgan fingerprint density at radius 1 is 0.861 bits per heavy atom. The molecular formula is C25H39N5O6. The van der Waals surface area contributed by atoms with Crippen LogP contribution in [0.15, 0.2) is 30.3 Å². The Labute approximate surface area is 211 Å². The van der Waals surface area contributed by atoms with E-state index in [-0.39, 0.29) is 18.3 Å². The summed E-state index contributed by atoms with van der Waals surface area (Å²) in [6.45, 7) is 7.52. The fourth-order valence-corrected chi connectivity index (χ4v) is 3.49. The summed E-state index contributed by atoms with van der Waals surface area (Å²) < 4.78 is 0. The molecule has 0 aromatic heterocycles. The van der Waals surface area contributed by atoms with E-state index in [0.29, 0.717) is 18.4 Å². The molecule has 11 nitrogen and oxygen atoms in total. The number of carboxylic acid groups (broad SMARTS) is 1. The Morgan fingerprint density at radius 2 is 1.39 bits per heavy atom. The molecule has 200 valence electrons. The summed E-state index contributed by atoms with van der Waals surface area (Å²) >= 11 is 0. The topological polar surface area (TPSA) is 194 Å². The van der Waals surface area contributed by atoms with E-state index in [1.54, 1.807) is 30.3 Å². The van der Waals surface area contributed by atoms with E-state index in [9.17, 15) is 29.1 Å². The number of hydrogen-bond donors (Lipinski definition) is 6. The Hall–Kier alpha value is -3.47. The molecule has 0 aliphatic rings. The zero-order valence-electron chi connectivity index (χ0n) is 21.3. The van der Waals surface area contributed by atoms with Crippen molar-refractivity contribution in [1.82, 2.24) is 16.0 Å². The first-order valence-corrected chi connectivity index (χ1v) is 12.1. The fourth-order valence-electron chi connectivity index (χ4n) is 3.49. The smallest absolute Gasteiger partial charge is 0.326 e. The zero-order valence-corrected chi connectivity index (χ0v) is 21.3. The van der Waals surface area contributed by atoms with Crippen molar-refractivity contribution in [3.05, 3.63) is 35.9 Å². The Balaban J connectivity index is 3.14. The number of carbonyl (C=O) groups excluding carboxylic acids is 4. The van der Waals surface area contributed by atoms with Crippen molar-refractivity contribution in [2.24, 2.45) is 23.3 Å². The van der Waals surface area contributed by atoms with Crippen molar-refractivity contribution in [3.63, 3.8) is 0 Å². The average Bonchev–Trinajstić information content (AvgIpc) is 2.81. The first-order valence-electron chi connectivity index (χ1n) is 12.1. The number of nitrogens with two attached hydrogens (primary N) is 2. The minimum absolute atomic E-state index is 0.0363. The standard InChI is InChI=1S/C25H39N5O6/c1-5-15(4)21(27)24(34)29-17(11-14(2)3)22(32)28-18(12-16-9-7-6-8-10-16)23(33)30-19(25(35)36)13-20(26)31/h6-10,14-15,17-19,21H,5,11-13,27H2,1-4H3,(H2,26,31)(H,28,32)(H,29,34)(H,30,33)(H,35,36). The van der Waals surface area contributed by atoms with Gasteiger partial charge in [0.05, 0.1) is 12.5 Å². The van der Waals surface area contributed by atoms with Crippen LogP contribution in [0.3, 0.4) is 0 Å². The molecule has 1 aromatic rings. The molecule has 0 aliphatic carbocycles. The molecule has 36 heavy (non-hydrogen) atoms. The number of aliphatic carboxylic acids is 1. The predicted octanol–water partition coefficient (Wildman–Crippen LogP) is 0.0630. The lowest BCUT2D eigenvalue weighted by Crippen LogP contribution is -2.58. The Morgan fingerprint density at radius 3 is 1.89 bits per heavy atom. The normalized spacial score (nSPS) is 15.2. The number of nitrogens with one attached hydrogen (secondary N) is 3. The van der Waals surface area contributed by atoms with E-state index in [4.69, 9.17) is 11.5 Å². The summed E-state index contributed by atoms with van der Waals surface area (Å²) in [5, 5.41) is 17.0. The van der Waals surface area contributed by atoms with Gasteiger partial charge in [-0.2, -0.15) is 0 Å². The molecule has 1 rings (SSSR count). The maximum absolute atomic E-state index is 13.2. The van der Waals surface area contributed by atoms with E-state index in [2.05, 4.69) is 16.0 Å². The van der Waals surface area contributed by atoms with E-state index in [1.807, 2.05) is 27.7 Å². The maximum Gasteiger partial charge on any atom is 0.326 e. The molecule has 0 bridgehead atoms. The van der Waals surface area contributed by atoms with Crippen LogP contribution in [0, 0.1) is 11.8 Å². The average molecular weight is 506 g/mol. The van der Waals surface area contributed by atoms with Gasteiger partial charge in [0.2, 0.25) is 23.6 Å². The largest absolute Gasteiger partial charge is 0.480 e. The van der Waals surface area contributed by atoms with Crippen LogP contribution in [0.2, 0.25) is 0 Å². The second-order valence-corrected chi connectivity index (χ2v) is 9.42. The van der Waals surface area contributed by atoms with Gasteiger partial charge in [-0.3, -0.25) is 19.2 Å². The van der Waals surface area contributed by atoms with E-state index in [0.717, 1.165) is 0 Å². The molecule has 0 heterocycles. The van der Waals surface area contributed by atoms with Gasteiger partial charge in [0.15, 0.2) is 0 Å². The molecule has 1 aromatic carbocycles. The van der Waals surface area contributed by atoms with Crippen molar-refractivity contribution in [1.29, 1.82) is 0 Å². The molecule has 0 fully saturated rings. The van der Waals surface area contributed by atoms with Crippen LogP contribution in [0.25, 0.3) is 0 Å². The van der Waals surface area contributed by atoms with Crippen LogP contribution in [0.1, 0.15) is 52.5 Å². The first-order chi connectivity index (χ1) is 16.8. The lowest BCUT2D eigenvalue weighted by Gasteiger charge is -2.27. The number of primary amides is 1. The lowest BCUT2D eigenvalue weighted by molar-refractivity contribution is -0.143. The van der Waals surface area contributed by atoms with Crippen LogP contribution >= 0.6 is 0 Å². The SMILES string of the molecule is CCC(C)C(N)C(=O)NC(CC(C)C)C(=O)NC(Cc1ccccc1)C(=O)NC(CC(N)=O)C(=O)O. The van der Waals surface area contributed by atoms with Crippen molar-refractivity contribution < 1.29 is 29.1 Å². The molecular weight excluding hydrogens is 466 g/mol. The van der Waals surface area contributed by atoms with Gasteiger partial charge in [0.1, 0.15) is 18.1 Å². The number of rotatable bonds is 15. The van der Waals surface area contributed by atoms with Crippen molar-refractivity contribution in [3.8, 4) is 0 Å². The highest BCUT2D eigenvalue weighted by molar-refractivity contribution is 5.95. The molecule has 8 N–H and O–H groups in total. The Bertz CT molecular complexity index is 907. The van der Waals surface area contributed by atoms with Crippen molar-refractivity contribution >= 4 is 29.6 Å². The third-order valence-electron chi connectivity index (χ3n) is 5.84. The fraction of sp³-hybridized carbons (Fsp3) is 0.560. The monoisotopic (exact) mass is 505 g/mol. The summed E-state index contributed by atoms with van der Waals surface area (Å²) in [6, 6.07) is 4.33. The summed E-state index contributed by atoms with van der Waals surface area (Å²) in [6.07, 6.45) is 0.428. The highest BCUT2D eigenvalue weighted by atomic mass is 16.4. The summed E-state index contributed by atoms with van der Waals surface area (Å²) in [4.78, 5) is 61.7. The van der Waals surface area contributed by atoms with Gasteiger partial charge in [0, 0.05) is 6.42 Å². The van der Waals surface area contributed by atoms with Gasteiger partial charge in [-0.15, -0.1) is 0 Å². The minimum atomic E-state index is -1.55. The number of amides is 4. The van der Waals surface area contributed by atoms with E-state index in [1.165, 1.54) is 0 Å². The van der Waals surface area contributed by atoms with Gasteiger partial charge < -0.3 is 32.5 Å². The zero-order chi connectivity index (χ0) is 27.4. The predicted molar refractivity (Wildman–Crippen MR) is 134 cm³/mol. The van der Waals surface area contributed by atoms with Crippen LogP contribution < -0.4 is 27.4 Å². The van der Waals surface area contributed by atoms with Crippen LogP contribution in [0.5, 0.6) is 0 Å². The molecule has 5 unspecified atom stereocenters. The summed E-state index contributed by atoms with van der Waals surface area (Å²) in [7, 11) is 0. The summed E-state index contributed by atoms with van der Waals surface area (Å²) in [5.41, 5.74) is 11.8. The number of benzene rings is 1. The van der Waals surface area contributed by atoms with E-state index >= 15 is 0 Å². The number of hydrogen-bond acceptors (Lipinski definition) is 6. The highest BCUT2D eigenvalue weighted by Crippen LogP contribution is 2.11. The third-order valence-corrected chi connectivity index (χ3v) is 5.84. The maximum atomic E-state index is 13.2. The molecule has 0 saturated carbocycles. The third kappa shape index (κ3) is 10.4. The van der Waals surface area contributed by atoms with Gasteiger partial charge in [-0.1, -0.05) is 64.4 Å². The van der Waals surface area contributed by atoms with Crippen LogP contribution in [-0.2, 0) is 30.4 Å². The number of carboxylic acids is 1. The van der Waals surface area contributed by atoms with Gasteiger partial charge >= 0.3 is 5.97 Å². The molecule has 0 radical (unpaired) electrons. The quantitative estimate of drug-likeness (QED) is 0.194. The molecule has 0 spiro atoms. The van der Waals surface area contributed by atoms with Gasteiger partial charge in [-0.05, 0) is 23.8 Å². The van der Waals surface area contributed by atoms with Crippen LogP contribution in [-0.4, -0.2) is 58.9 Å². The van der Waals surface area contributed by atoms with E-state index < -0.39 is 60.2 Å². The molecule has 0 saturated heterocycles. The van der Waals surface area contributed by atoms with Gasteiger partial charge in [-0.25, -0.2) is 4.79 Å². The van der Waals surface area contributed by atoms with Crippen LogP contribution in [0.4, 0.5) is 0 Å². The number of carbonyl (C=O) groups is 5. The Kier molecular flexibility index (Phi) is 12.6. The minimum Gasteiger partial charge on any atom is -0.480 e. The van der Waals surface area contributed by atoms with Gasteiger partial charge in [0.25, 0.3) is 0 Å². The second kappa shape index (κ2) is 14.8. The summed E-state index contributed by atoms with van der Waals surface area (Å²) in [5.74, 6) is -4.27. The highest BCUT2D eigenvalue weighted by Gasteiger charge is 2.32. The molecule has 11 heteroatoms. The molecule has 5 atom stereocenters. The van der Waals surface area contributed by atoms with Crippen molar-refractivity contribution in [2.45, 2.75) is 77.5 Å². The first kappa shape index (κ1) is 30.6. The second-order valence-electron chi connectivity index (χ2n) is 9.42. The molecule has 0 aliphatic heterocycles. The lowest BCUT2D eigenvalue weighted by atomic mass is 9.97.